The van der Waals surface area contributed by atoms with Crippen molar-refractivity contribution in [3.63, 3.8) is 0 Å². The van der Waals surface area contributed by atoms with Gasteiger partial charge in [-0.15, -0.1) is 11.8 Å². The van der Waals surface area contributed by atoms with Gasteiger partial charge in [0.05, 0.1) is 5.56 Å². The molecule has 2 aliphatic rings. The van der Waals surface area contributed by atoms with Gasteiger partial charge in [0.2, 0.25) is 0 Å². The Bertz CT molecular complexity index is 1400. The molecule has 3 aromatic rings. The van der Waals surface area contributed by atoms with E-state index in [2.05, 4.69) is 5.32 Å². The lowest BCUT2D eigenvalue weighted by atomic mass is 9.83. The Morgan fingerprint density at radius 3 is 2.53 bits per heavy atom. The first-order valence-electron chi connectivity index (χ1n) is 11.8. The summed E-state index contributed by atoms with van der Waals surface area (Å²) >= 11 is 1.61. The van der Waals surface area contributed by atoms with E-state index in [0.717, 1.165) is 22.6 Å². The number of amides is 2. The summed E-state index contributed by atoms with van der Waals surface area (Å²) < 4.78 is 16.1. The maximum atomic E-state index is 14.3. The van der Waals surface area contributed by atoms with E-state index in [0.29, 0.717) is 19.6 Å². The first-order valence-corrected chi connectivity index (χ1v) is 13.1. The number of carbonyl (C=O) groups is 2. The predicted molar refractivity (Wildman–Crippen MR) is 138 cm³/mol. The van der Waals surface area contributed by atoms with E-state index < -0.39 is 11.7 Å². The number of carbonyl (C=O) groups excluding carboxylic acids is 2. The minimum Gasteiger partial charge on any atom is -0.336 e. The van der Waals surface area contributed by atoms with Gasteiger partial charge >= 0.3 is 0 Å². The number of thioether (sulfide) groups is 1. The summed E-state index contributed by atoms with van der Waals surface area (Å²) in [6, 6.07) is 18.6. The molecule has 0 unspecified atom stereocenters. The second-order valence-corrected chi connectivity index (χ2v) is 10.1. The van der Waals surface area contributed by atoms with Gasteiger partial charge in [-0.25, -0.2) is 4.39 Å². The number of rotatable bonds is 5. The van der Waals surface area contributed by atoms with Gasteiger partial charge in [0.15, 0.2) is 0 Å². The molecule has 1 aromatic heterocycles. The minimum absolute atomic E-state index is 0.0200. The van der Waals surface area contributed by atoms with Crippen molar-refractivity contribution in [3.05, 3.63) is 105 Å². The van der Waals surface area contributed by atoms with Gasteiger partial charge in [-0.05, 0) is 60.6 Å². The quantitative estimate of drug-likeness (QED) is 0.420. The highest BCUT2D eigenvalue weighted by atomic mass is 32.2. The van der Waals surface area contributed by atoms with Crippen molar-refractivity contribution < 1.29 is 14.0 Å². The van der Waals surface area contributed by atoms with E-state index in [1.54, 1.807) is 40.9 Å². The molecule has 0 aliphatic carbocycles. The maximum absolute atomic E-state index is 14.3. The van der Waals surface area contributed by atoms with E-state index >= 15 is 0 Å². The average Bonchev–Trinajstić information content (AvgIpc) is 2.89. The highest BCUT2D eigenvalue weighted by Crippen LogP contribution is 2.35. The molecule has 5 rings (SSSR count). The predicted octanol–water partition coefficient (Wildman–Crippen LogP) is 4.13. The number of hydrogen-bond acceptors (Lipinski definition) is 4. The summed E-state index contributed by atoms with van der Waals surface area (Å²) in [6.45, 7) is 1.48. The van der Waals surface area contributed by atoms with Crippen LogP contribution in [0.15, 0.2) is 82.1 Å². The molecule has 184 valence electrons. The fourth-order valence-electron chi connectivity index (χ4n) is 5.09. The van der Waals surface area contributed by atoms with E-state index in [1.165, 1.54) is 18.2 Å². The van der Waals surface area contributed by atoms with E-state index in [1.807, 2.05) is 41.2 Å². The molecular weight excluding hydrogens is 477 g/mol. The summed E-state index contributed by atoms with van der Waals surface area (Å²) in [5.74, 6) is -1.47. The van der Waals surface area contributed by atoms with Gasteiger partial charge < -0.3 is 14.8 Å². The Kier molecular flexibility index (Phi) is 6.78. The Hall–Kier alpha value is -3.65. The van der Waals surface area contributed by atoms with E-state index in [-0.39, 0.29) is 34.6 Å². The first-order chi connectivity index (χ1) is 17.4. The molecule has 1 fully saturated rings. The van der Waals surface area contributed by atoms with E-state index in [9.17, 15) is 18.8 Å². The Balaban J connectivity index is 1.45. The molecule has 2 atom stereocenters. The van der Waals surface area contributed by atoms with Crippen LogP contribution >= 0.6 is 11.8 Å². The molecule has 2 amide bonds. The average molecular weight is 504 g/mol. The molecule has 0 spiro atoms. The SMILES string of the molecule is CSc1ccc(/C=C(\NC(=O)c2ccccc2F)C(=O)N2C[C@H]3C[C@@H](C2)c2cccc(=O)n2C3)cc1. The molecule has 2 aliphatic heterocycles. The van der Waals surface area contributed by atoms with Crippen molar-refractivity contribution in [2.24, 2.45) is 5.92 Å². The lowest BCUT2D eigenvalue weighted by Crippen LogP contribution is -2.50. The topological polar surface area (TPSA) is 71.4 Å². The van der Waals surface area contributed by atoms with Crippen LogP contribution in [0.1, 0.15) is 34.0 Å². The van der Waals surface area contributed by atoms with E-state index in [4.69, 9.17) is 0 Å². The first kappa shape index (κ1) is 24.1. The number of nitrogens with one attached hydrogen (secondary N) is 1. The Morgan fingerprint density at radius 1 is 1.00 bits per heavy atom. The standard InChI is InChI=1S/C28H26FN3O3S/c1-36-21-11-9-18(10-12-21)14-24(30-27(34)22-5-2-3-6-23(22)29)28(35)31-15-19-13-20(17-31)25-7-4-8-26(33)32(25)16-19/h2-12,14,19-20H,13,15-17H2,1H3,(H,30,34)/b24-14-/t19-,20+/m1/s1. The second kappa shape index (κ2) is 10.1. The van der Waals surface area contributed by atoms with Crippen LogP contribution in [0.4, 0.5) is 4.39 Å². The highest BCUT2D eigenvalue weighted by Gasteiger charge is 2.37. The third kappa shape index (κ3) is 4.86. The van der Waals surface area contributed by atoms with Crippen LogP contribution < -0.4 is 10.9 Å². The third-order valence-corrected chi connectivity index (χ3v) is 7.53. The number of piperidine rings is 1. The normalized spacial score (nSPS) is 18.9. The number of halogens is 1. The number of benzene rings is 2. The van der Waals surface area contributed by atoms with Crippen LogP contribution in [-0.2, 0) is 11.3 Å². The summed E-state index contributed by atoms with van der Waals surface area (Å²) in [5.41, 5.74) is 1.63. The van der Waals surface area contributed by atoms with Crippen LogP contribution in [0.25, 0.3) is 6.08 Å². The zero-order chi connectivity index (χ0) is 25.2. The largest absolute Gasteiger partial charge is 0.336 e. The maximum Gasteiger partial charge on any atom is 0.270 e. The summed E-state index contributed by atoms with van der Waals surface area (Å²) in [6.07, 6.45) is 4.52. The lowest BCUT2D eigenvalue weighted by molar-refractivity contribution is -0.130. The molecule has 8 heteroatoms. The minimum atomic E-state index is -0.678. The van der Waals surface area contributed by atoms with Crippen LogP contribution in [0.2, 0.25) is 0 Å². The highest BCUT2D eigenvalue weighted by molar-refractivity contribution is 7.98. The summed E-state index contributed by atoms with van der Waals surface area (Å²) in [5, 5.41) is 2.67. The van der Waals surface area contributed by atoms with Gasteiger partial charge in [0.25, 0.3) is 17.4 Å². The molecule has 36 heavy (non-hydrogen) atoms. The molecule has 6 nitrogen and oxygen atoms in total. The molecule has 1 saturated heterocycles. The molecule has 0 saturated carbocycles. The number of hydrogen-bond donors (Lipinski definition) is 1. The van der Waals surface area contributed by atoms with Crippen molar-refractivity contribution in [3.8, 4) is 0 Å². The van der Waals surface area contributed by atoms with Gasteiger partial charge in [0.1, 0.15) is 11.5 Å². The molecule has 1 N–H and O–H groups in total. The smallest absolute Gasteiger partial charge is 0.270 e. The fourth-order valence-corrected chi connectivity index (χ4v) is 5.49. The van der Waals surface area contributed by atoms with Gasteiger partial charge in [0, 0.05) is 42.2 Å². The zero-order valence-electron chi connectivity index (χ0n) is 19.8. The van der Waals surface area contributed by atoms with Gasteiger partial charge in [-0.1, -0.05) is 30.3 Å². The van der Waals surface area contributed by atoms with Crippen molar-refractivity contribution in [2.45, 2.75) is 23.8 Å². The van der Waals surface area contributed by atoms with Crippen LogP contribution in [0.3, 0.4) is 0 Å². The molecule has 0 radical (unpaired) electrons. The lowest BCUT2D eigenvalue weighted by Gasteiger charge is -2.43. The number of aromatic nitrogens is 1. The summed E-state index contributed by atoms with van der Waals surface area (Å²) in [7, 11) is 0. The van der Waals surface area contributed by atoms with Crippen LogP contribution in [0.5, 0.6) is 0 Å². The number of pyridine rings is 1. The second-order valence-electron chi connectivity index (χ2n) is 9.17. The molecule has 2 aromatic carbocycles. The molecular formula is C28H26FN3O3S. The van der Waals surface area contributed by atoms with Crippen molar-refractivity contribution in [1.29, 1.82) is 0 Å². The summed E-state index contributed by atoms with van der Waals surface area (Å²) in [4.78, 5) is 41.9. The molecule has 3 heterocycles. The van der Waals surface area contributed by atoms with Gasteiger partial charge in [-0.3, -0.25) is 14.4 Å². The monoisotopic (exact) mass is 503 g/mol. The third-order valence-electron chi connectivity index (χ3n) is 6.79. The van der Waals surface area contributed by atoms with Crippen LogP contribution in [-0.4, -0.2) is 40.6 Å². The number of nitrogens with zero attached hydrogens (tertiary/aromatic N) is 2. The van der Waals surface area contributed by atoms with Gasteiger partial charge in [-0.2, -0.15) is 0 Å². The van der Waals surface area contributed by atoms with Crippen molar-refractivity contribution >= 4 is 29.7 Å². The van der Waals surface area contributed by atoms with Crippen molar-refractivity contribution in [2.75, 3.05) is 19.3 Å². The number of fused-ring (bicyclic) bond motifs is 4. The Labute approximate surface area is 212 Å². The Morgan fingerprint density at radius 2 is 1.78 bits per heavy atom. The number of likely N-dealkylation sites (tertiary alicyclic amines) is 1. The fraction of sp³-hybridized carbons (Fsp3) is 0.250. The zero-order valence-corrected chi connectivity index (χ0v) is 20.6. The van der Waals surface area contributed by atoms with Crippen LogP contribution in [0, 0.1) is 11.7 Å². The van der Waals surface area contributed by atoms with Crippen molar-refractivity contribution in [1.82, 2.24) is 14.8 Å². The molecule has 2 bridgehead atoms.